The van der Waals surface area contributed by atoms with Crippen molar-refractivity contribution in [2.75, 3.05) is 11.1 Å². The Hall–Kier alpha value is -2.61. The first kappa shape index (κ1) is 16.3. The summed E-state index contributed by atoms with van der Waals surface area (Å²) in [5.41, 5.74) is 1.86. The van der Waals surface area contributed by atoms with E-state index in [1.54, 1.807) is 11.7 Å². The highest BCUT2D eigenvalue weighted by molar-refractivity contribution is 7.99. The van der Waals surface area contributed by atoms with E-state index in [9.17, 15) is 4.79 Å². The average Bonchev–Trinajstić information content (AvgIpc) is 3.08. The van der Waals surface area contributed by atoms with Crippen molar-refractivity contribution in [3.05, 3.63) is 42.1 Å². The number of aryl methyl sites for hydroxylation is 2. The second kappa shape index (κ2) is 6.88. The van der Waals surface area contributed by atoms with Gasteiger partial charge in [-0.05, 0) is 6.92 Å². The molecule has 3 aromatic rings. The summed E-state index contributed by atoms with van der Waals surface area (Å²) in [6.45, 7) is 1.88. The van der Waals surface area contributed by atoms with Crippen LogP contribution in [0.5, 0.6) is 0 Å². The molecule has 7 nitrogen and oxygen atoms in total. The van der Waals surface area contributed by atoms with Crippen LogP contribution in [-0.2, 0) is 18.9 Å². The first-order valence-electron chi connectivity index (χ1n) is 7.42. The van der Waals surface area contributed by atoms with Gasteiger partial charge in [-0.1, -0.05) is 42.1 Å². The summed E-state index contributed by atoms with van der Waals surface area (Å²) in [7, 11) is 3.69. The Labute approximate surface area is 144 Å². The van der Waals surface area contributed by atoms with Gasteiger partial charge in [0.15, 0.2) is 11.0 Å². The molecule has 3 rings (SSSR count). The maximum atomic E-state index is 12.1. The minimum atomic E-state index is -0.104. The van der Waals surface area contributed by atoms with E-state index >= 15 is 0 Å². The Morgan fingerprint density at radius 3 is 2.62 bits per heavy atom. The lowest BCUT2D eigenvalue weighted by atomic mass is 10.2. The van der Waals surface area contributed by atoms with E-state index in [1.807, 2.05) is 54.9 Å². The predicted octanol–water partition coefficient (Wildman–Crippen LogP) is 2.25. The maximum Gasteiger partial charge on any atom is 0.235 e. The minimum absolute atomic E-state index is 0.104. The fourth-order valence-corrected chi connectivity index (χ4v) is 3.03. The number of thioether (sulfide) groups is 1. The summed E-state index contributed by atoms with van der Waals surface area (Å²) in [6, 6.07) is 11.7. The van der Waals surface area contributed by atoms with Crippen molar-refractivity contribution < 1.29 is 4.79 Å². The molecule has 0 bridgehead atoms. The Bertz CT molecular complexity index is 855. The van der Waals surface area contributed by atoms with Crippen molar-refractivity contribution in [2.45, 2.75) is 12.1 Å². The van der Waals surface area contributed by atoms with Gasteiger partial charge in [-0.25, -0.2) is 0 Å². The van der Waals surface area contributed by atoms with Crippen molar-refractivity contribution in [1.82, 2.24) is 24.5 Å². The number of hydrogen-bond donors (Lipinski definition) is 1. The van der Waals surface area contributed by atoms with Crippen LogP contribution in [0.15, 0.2) is 41.6 Å². The van der Waals surface area contributed by atoms with E-state index in [4.69, 9.17) is 0 Å². The van der Waals surface area contributed by atoms with Crippen LogP contribution in [0.2, 0.25) is 0 Å². The van der Waals surface area contributed by atoms with Gasteiger partial charge in [-0.3, -0.25) is 9.48 Å². The monoisotopic (exact) mass is 342 g/mol. The van der Waals surface area contributed by atoms with Crippen molar-refractivity contribution in [2.24, 2.45) is 14.1 Å². The molecular weight excluding hydrogens is 324 g/mol. The number of hydrogen-bond acceptors (Lipinski definition) is 5. The highest BCUT2D eigenvalue weighted by Gasteiger charge is 2.13. The van der Waals surface area contributed by atoms with Crippen molar-refractivity contribution in [3.8, 4) is 11.4 Å². The molecule has 0 spiro atoms. The van der Waals surface area contributed by atoms with E-state index in [0.29, 0.717) is 11.0 Å². The number of amides is 1. The molecule has 1 N–H and O–H groups in total. The normalized spacial score (nSPS) is 10.8. The van der Waals surface area contributed by atoms with Gasteiger partial charge >= 0.3 is 0 Å². The lowest BCUT2D eigenvalue weighted by Gasteiger charge is -2.05. The van der Waals surface area contributed by atoms with E-state index in [-0.39, 0.29) is 11.7 Å². The minimum Gasteiger partial charge on any atom is -0.310 e. The molecule has 2 aromatic heterocycles. The lowest BCUT2D eigenvalue weighted by Crippen LogP contribution is -2.16. The second-order valence-electron chi connectivity index (χ2n) is 5.36. The topological polar surface area (TPSA) is 77.6 Å². The smallest absolute Gasteiger partial charge is 0.235 e. The molecule has 0 radical (unpaired) electrons. The van der Waals surface area contributed by atoms with Gasteiger partial charge in [0.25, 0.3) is 0 Å². The Kier molecular flexibility index (Phi) is 4.66. The first-order valence-corrected chi connectivity index (χ1v) is 8.41. The highest BCUT2D eigenvalue weighted by Crippen LogP contribution is 2.22. The second-order valence-corrected chi connectivity index (χ2v) is 6.31. The Morgan fingerprint density at radius 2 is 1.96 bits per heavy atom. The number of carbonyl (C=O) groups excluding carboxylic acids is 1. The quantitative estimate of drug-likeness (QED) is 0.720. The predicted molar refractivity (Wildman–Crippen MR) is 93.7 cm³/mol. The largest absolute Gasteiger partial charge is 0.310 e. The highest BCUT2D eigenvalue weighted by atomic mass is 32.2. The number of anilines is 1. The molecule has 8 heteroatoms. The lowest BCUT2D eigenvalue weighted by molar-refractivity contribution is -0.113. The zero-order valence-electron chi connectivity index (χ0n) is 13.7. The molecule has 1 aromatic carbocycles. The van der Waals surface area contributed by atoms with Crippen LogP contribution in [0.1, 0.15) is 5.69 Å². The van der Waals surface area contributed by atoms with Crippen molar-refractivity contribution >= 4 is 23.5 Å². The summed E-state index contributed by atoms with van der Waals surface area (Å²) in [4.78, 5) is 12.1. The summed E-state index contributed by atoms with van der Waals surface area (Å²) in [5, 5.41) is 16.1. The first-order chi connectivity index (χ1) is 11.5. The van der Waals surface area contributed by atoms with Gasteiger partial charge < -0.3 is 9.88 Å². The molecule has 0 saturated heterocycles. The molecule has 124 valence electrons. The third-order valence-electron chi connectivity index (χ3n) is 3.47. The van der Waals surface area contributed by atoms with E-state index in [0.717, 1.165) is 17.1 Å². The SMILES string of the molecule is Cc1cc(NC(=O)CSc2nnc(-c3ccccc3)n2C)n(C)n1. The summed E-state index contributed by atoms with van der Waals surface area (Å²) < 4.78 is 3.54. The fourth-order valence-electron chi connectivity index (χ4n) is 2.32. The van der Waals surface area contributed by atoms with Gasteiger partial charge in [-0.2, -0.15) is 5.10 Å². The van der Waals surface area contributed by atoms with Crippen LogP contribution in [0.3, 0.4) is 0 Å². The average molecular weight is 342 g/mol. The molecule has 24 heavy (non-hydrogen) atoms. The number of nitrogens with zero attached hydrogens (tertiary/aromatic N) is 5. The molecule has 0 fully saturated rings. The van der Waals surface area contributed by atoms with Gasteiger partial charge in [0.2, 0.25) is 5.91 Å². The molecule has 0 aliphatic carbocycles. The summed E-state index contributed by atoms with van der Waals surface area (Å²) >= 11 is 1.35. The summed E-state index contributed by atoms with van der Waals surface area (Å²) in [6.07, 6.45) is 0. The Balaban J connectivity index is 1.64. The van der Waals surface area contributed by atoms with Gasteiger partial charge in [-0.15, -0.1) is 10.2 Å². The fraction of sp³-hybridized carbons (Fsp3) is 0.250. The van der Waals surface area contributed by atoms with Gasteiger partial charge in [0.1, 0.15) is 5.82 Å². The number of benzene rings is 1. The van der Waals surface area contributed by atoms with Crippen LogP contribution in [0.25, 0.3) is 11.4 Å². The van der Waals surface area contributed by atoms with Crippen molar-refractivity contribution in [3.63, 3.8) is 0 Å². The zero-order valence-corrected chi connectivity index (χ0v) is 14.5. The van der Waals surface area contributed by atoms with Crippen LogP contribution >= 0.6 is 11.8 Å². The van der Waals surface area contributed by atoms with E-state index in [2.05, 4.69) is 20.6 Å². The molecule has 0 aliphatic heterocycles. The summed E-state index contributed by atoms with van der Waals surface area (Å²) in [5.74, 6) is 1.61. The zero-order chi connectivity index (χ0) is 17.1. The van der Waals surface area contributed by atoms with E-state index in [1.165, 1.54) is 11.8 Å². The van der Waals surface area contributed by atoms with Crippen molar-refractivity contribution in [1.29, 1.82) is 0 Å². The van der Waals surface area contributed by atoms with Crippen LogP contribution in [-0.4, -0.2) is 36.2 Å². The molecule has 1 amide bonds. The van der Waals surface area contributed by atoms with Crippen LogP contribution < -0.4 is 5.32 Å². The molecule has 2 heterocycles. The Morgan fingerprint density at radius 1 is 1.21 bits per heavy atom. The molecule has 0 aliphatic rings. The molecule has 0 unspecified atom stereocenters. The number of rotatable bonds is 5. The number of carbonyl (C=O) groups is 1. The molecule has 0 atom stereocenters. The number of aromatic nitrogens is 5. The maximum absolute atomic E-state index is 12.1. The van der Waals surface area contributed by atoms with Gasteiger partial charge in [0.05, 0.1) is 11.4 Å². The van der Waals surface area contributed by atoms with Crippen LogP contribution in [0.4, 0.5) is 5.82 Å². The van der Waals surface area contributed by atoms with E-state index < -0.39 is 0 Å². The van der Waals surface area contributed by atoms with Crippen LogP contribution in [0, 0.1) is 6.92 Å². The third-order valence-corrected chi connectivity index (χ3v) is 4.49. The van der Waals surface area contributed by atoms with Gasteiger partial charge in [0, 0.05) is 25.7 Å². The third kappa shape index (κ3) is 3.48. The molecular formula is C16H18N6OS. The molecule has 0 saturated carbocycles. The standard InChI is InChI=1S/C16H18N6OS/c1-11-9-13(22(3)20-11)17-14(23)10-24-16-19-18-15(21(16)2)12-7-5-4-6-8-12/h4-9H,10H2,1-3H3,(H,17,23). The number of nitrogens with one attached hydrogen (secondary N) is 1.